The summed E-state index contributed by atoms with van der Waals surface area (Å²) in [5, 5.41) is 5.48. The Labute approximate surface area is 223 Å². The lowest BCUT2D eigenvalue weighted by Gasteiger charge is -2.32. The van der Waals surface area contributed by atoms with E-state index >= 15 is 0 Å². The van der Waals surface area contributed by atoms with Gasteiger partial charge in [-0.15, -0.1) is 0 Å². The van der Waals surface area contributed by atoms with E-state index in [0.29, 0.717) is 44.7 Å². The zero-order valence-electron chi connectivity index (χ0n) is 20.4. The lowest BCUT2D eigenvalue weighted by Crippen LogP contribution is -2.46. The number of nitrogens with zero attached hydrogens (tertiary/aromatic N) is 5. The number of rotatable bonds is 3. The lowest BCUT2D eigenvalue weighted by molar-refractivity contribution is -0.143. The van der Waals surface area contributed by atoms with Gasteiger partial charge >= 0.3 is 12.4 Å². The van der Waals surface area contributed by atoms with E-state index in [-0.39, 0.29) is 24.1 Å². The number of aliphatic imine (C=N–C) groups is 1. The summed E-state index contributed by atoms with van der Waals surface area (Å²) in [5.41, 5.74) is -1.84. The highest BCUT2D eigenvalue weighted by Crippen LogP contribution is 2.39. The Morgan fingerprint density at radius 3 is 2.49 bits per heavy atom. The van der Waals surface area contributed by atoms with Gasteiger partial charge in [0.2, 0.25) is 0 Å². The minimum atomic E-state index is -4.96. The van der Waals surface area contributed by atoms with Crippen molar-refractivity contribution in [2.45, 2.75) is 37.4 Å². The van der Waals surface area contributed by atoms with Crippen molar-refractivity contribution in [3.63, 3.8) is 0 Å². The first-order valence-corrected chi connectivity index (χ1v) is 12.9. The number of halogens is 6. The fourth-order valence-electron chi connectivity index (χ4n) is 5.41. The van der Waals surface area contributed by atoms with Crippen molar-refractivity contribution in [1.29, 1.82) is 0 Å². The molecule has 0 unspecified atom stereocenters. The minimum absolute atomic E-state index is 0.128. The van der Waals surface area contributed by atoms with Crippen LogP contribution in [0.4, 0.5) is 26.3 Å². The molecule has 39 heavy (non-hydrogen) atoms. The monoisotopic (exact) mass is 565 g/mol. The van der Waals surface area contributed by atoms with Gasteiger partial charge in [-0.1, -0.05) is 12.1 Å². The number of thioether (sulfide) groups is 1. The molecule has 6 rings (SSSR count). The maximum Gasteiger partial charge on any atom is 0.416 e. The zero-order valence-corrected chi connectivity index (χ0v) is 21.2. The first-order chi connectivity index (χ1) is 18.4. The number of benzene rings is 2. The third-order valence-electron chi connectivity index (χ3n) is 7.40. The quantitative estimate of drug-likeness (QED) is 0.311. The number of amidine groups is 1. The molecule has 2 atom stereocenters. The second-order valence-corrected chi connectivity index (χ2v) is 10.9. The van der Waals surface area contributed by atoms with Crippen molar-refractivity contribution in [2.24, 2.45) is 4.99 Å². The van der Waals surface area contributed by atoms with Crippen LogP contribution in [0.25, 0.3) is 17.0 Å². The largest absolute Gasteiger partial charge is 0.416 e. The van der Waals surface area contributed by atoms with Gasteiger partial charge in [0.15, 0.2) is 5.17 Å². The maximum atomic E-state index is 13.6. The van der Waals surface area contributed by atoms with E-state index in [9.17, 15) is 31.1 Å². The van der Waals surface area contributed by atoms with E-state index in [2.05, 4.69) is 26.9 Å². The summed E-state index contributed by atoms with van der Waals surface area (Å²) in [6.45, 7) is 1.42. The van der Waals surface area contributed by atoms with Crippen LogP contribution < -0.4 is 0 Å². The molecule has 1 amide bonds. The highest BCUT2D eigenvalue weighted by molar-refractivity contribution is 8.18. The molecule has 3 aromatic rings. The number of amides is 1. The Balaban J connectivity index is 1.22. The number of carbonyl (C=O) groups excluding carboxylic acids is 1. The Hall–Kier alpha value is -3.32. The molecule has 4 heterocycles. The average molecular weight is 566 g/mol. The number of aromatic nitrogens is 2. The number of likely N-dealkylation sites (N-methyl/N-ethyl adjacent to an activating group) is 1. The summed E-state index contributed by atoms with van der Waals surface area (Å²) in [4.78, 5) is 21.8. The van der Waals surface area contributed by atoms with E-state index in [1.807, 2.05) is 0 Å². The van der Waals surface area contributed by atoms with Gasteiger partial charge in [-0.25, -0.2) is 0 Å². The number of fused-ring (bicyclic) bond motifs is 3. The van der Waals surface area contributed by atoms with Crippen LogP contribution in [0.2, 0.25) is 0 Å². The number of hydrogen-bond acceptors (Lipinski definition) is 5. The van der Waals surface area contributed by atoms with Crippen molar-refractivity contribution < 1.29 is 31.1 Å². The molecule has 0 radical (unpaired) electrons. The van der Waals surface area contributed by atoms with Crippen molar-refractivity contribution in [3.05, 3.63) is 69.8 Å². The summed E-state index contributed by atoms with van der Waals surface area (Å²) >= 11 is 1.33. The van der Waals surface area contributed by atoms with Crippen molar-refractivity contribution in [2.75, 3.05) is 20.1 Å². The Morgan fingerprint density at radius 1 is 1.03 bits per heavy atom. The normalized spacial score (nSPS) is 23.1. The third-order valence-corrected chi connectivity index (χ3v) is 8.42. The van der Waals surface area contributed by atoms with Gasteiger partial charge in [-0.2, -0.15) is 36.4 Å². The molecule has 13 heteroatoms. The third kappa shape index (κ3) is 4.82. The van der Waals surface area contributed by atoms with E-state index in [0.717, 1.165) is 25.6 Å². The van der Waals surface area contributed by atoms with Crippen molar-refractivity contribution >= 4 is 39.8 Å². The van der Waals surface area contributed by atoms with Crippen molar-refractivity contribution in [1.82, 2.24) is 19.6 Å². The molecule has 1 aromatic heterocycles. The van der Waals surface area contributed by atoms with E-state index in [1.165, 1.54) is 22.6 Å². The van der Waals surface area contributed by atoms with Gasteiger partial charge in [0, 0.05) is 30.6 Å². The summed E-state index contributed by atoms with van der Waals surface area (Å²) in [6.07, 6.45) is -5.61. The molecule has 2 bridgehead atoms. The van der Waals surface area contributed by atoms with Crippen LogP contribution >= 0.6 is 11.8 Å². The fraction of sp³-hybridized carbons (Fsp3) is 0.346. The van der Waals surface area contributed by atoms with Crippen LogP contribution in [0, 0.1) is 0 Å². The molecule has 0 N–H and O–H groups in total. The maximum absolute atomic E-state index is 13.6. The average Bonchev–Trinajstić information content (AvgIpc) is 3.62. The smallest absolute Gasteiger partial charge is 0.345 e. The molecule has 0 spiro atoms. The summed E-state index contributed by atoms with van der Waals surface area (Å²) < 4.78 is 81.1. The predicted molar refractivity (Wildman–Crippen MR) is 135 cm³/mol. The summed E-state index contributed by atoms with van der Waals surface area (Å²) in [6, 6.07) is 7.54. The lowest BCUT2D eigenvalue weighted by atomic mass is 10.0. The molecule has 3 aliphatic rings. The number of alkyl halides is 6. The van der Waals surface area contributed by atoms with Gasteiger partial charge in [-0.3, -0.25) is 14.4 Å². The molecular formula is C26H21F6N5OS. The summed E-state index contributed by atoms with van der Waals surface area (Å²) in [5.74, 6) is -0.316. The Kier molecular flexibility index (Phi) is 6.06. The predicted octanol–water partition coefficient (Wildman–Crippen LogP) is 5.48. The van der Waals surface area contributed by atoms with Crippen LogP contribution in [-0.4, -0.2) is 62.9 Å². The molecule has 0 aliphatic carbocycles. The van der Waals surface area contributed by atoms with Gasteiger partial charge in [0.1, 0.15) is 0 Å². The highest BCUT2D eigenvalue weighted by atomic mass is 32.2. The first-order valence-electron chi connectivity index (χ1n) is 12.1. The zero-order chi connectivity index (χ0) is 27.7. The second-order valence-electron chi connectivity index (χ2n) is 9.93. The van der Waals surface area contributed by atoms with E-state index in [1.54, 1.807) is 24.3 Å². The molecule has 3 aliphatic heterocycles. The molecule has 0 saturated carbocycles. The number of hydrogen-bond donors (Lipinski definition) is 0. The van der Waals surface area contributed by atoms with Crippen LogP contribution in [0.3, 0.4) is 0 Å². The number of likely N-dealkylation sites (tertiary alicyclic amines) is 2. The Bertz CT molecular complexity index is 1540. The second kappa shape index (κ2) is 9.12. The molecule has 204 valence electrons. The number of piperazine rings is 1. The standard InChI is InChI=1S/C26H21F6N5OS/c1-35-12-19-9-18(35)13-36(19)24-34-23(38)22(39-24)7-14-2-5-21-16(6-14)10-33-37(21)11-15-3-4-17(25(27,28)29)8-20(15)26(30,31)32/h2-8,10,18-19H,9,11-13H2,1H3/b22-7-/t18-,19-/m0/s1. The molecular weight excluding hydrogens is 544 g/mol. The first kappa shape index (κ1) is 25.9. The fourth-order valence-corrected chi connectivity index (χ4v) is 6.40. The van der Waals surface area contributed by atoms with Gasteiger partial charge in [0.25, 0.3) is 5.91 Å². The topological polar surface area (TPSA) is 53.7 Å². The Morgan fingerprint density at radius 2 is 1.82 bits per heavy atom. The molecule has 2 aromatic carbocycles. The minimum Gasteiger partial charge on any atom is -0.345 e. The SMILES string of the molecule is CN1C[C@@H]2C[C@H]1CN2C1=NC(=O)/C(=C/c2ccc3c(cnn3Cc3ccc(C(F)(F)F)cc3C(F)(F)F)c2)S1. The van der Waals surface area contributed by atoms with Gasteiger partial charge in [-0.05, 0) is 66.7 Å². The molecule has 2 fully saturated rings. The summed E-state index contributed by atoms with van der Waals surface area (Å²) in [7, 11) is 2.10. The van der Waals surface area contributed by atoms with Crippen LogP contribution in [0.5, 0.6) is 0 Å². The van der Waals surface area contributed by atoms with Gasteiger partial charge < -0.3 is 4.90 Å². The van der Waals surface area contributed by atoms with Crippen LogP contribution in [0.15, 0.2) is 52.5 Å². The number of carbonyl (C=O) groups is 1. The molecule has 2 saturated heterocycles. The van der Waals surface area contributed by atoms with Crippen LogP contribution in [0.1, 0.15) is 28.7 Å². The van der Waals surface area contributed by atoms with Gasteiger partial charge in [0.05, 0.1) is 34.3 Å². The molecule has 6 nitrogen and oxygen atoms in total. The highest BCUT2D eigenvalue weighted by Gasteiger charge is 2.44. The van der Waals surface area contributed by atoms with E-state index < -0.39 is 23.5 Å². The van der Waals surface area contributed by atoms with Crippen LogP contribution in [-0.2, 0) is 23.7 Å². The van der Waals surface area contributed by atoms with Crippen molar-refractivity contribution in [3.8, 4) is 0 Å². The van der Waals surface area contributed by atoms with E-state index in [4.69, 9.17) is 0 Å².